The third-order valence-corrected chi connectivity index (χ3v) is 5.86. The van der Waals surface area contributed by atoms with Crippen molar-refractivity contribution >= 4 is 33.6 Å². The molecule has 7 nitrogen and oxygen atoms in total. The largest absolute Gasteiger partial charge is 0.490 e. The van der Waals surface area contributed by atoms with Gasteiger partial charge in [-0.25, -0.2) is 0 Å². The molecule has 3 aromatic rings. The lowest BCUT2D eigenvalue weighted by Gasteiger charge is -2.14. The maximum atomic E-state index is 12.7. The Kier molecular flexibility index (Phi) is 7.58. The Hall–Kier alpha value is -3.96. The number of ether oxygens (including phenoxy) is 4. The predicted molar refractivity (Wildman–Crippen MR) is 136 cm³/mol. The van der Waals surface area contributed by atoms with E-state index in [0.29, 0.717) is 51.9 Å². The molecule has 0 aliphatic carbocycles. The maximum absolute atomic E-state index is 12.7. The minimum absolute atomic E-state index is 0.0391. The molecule has 0 saturated carbocycles. The molecule has 0 bridgehead atoms. The number of hydrogen-bond acceptors (Lipinski definition) is 6. The standard InChI is InChI=1S/C27H23BrN2O5/c1-3-32-25-12-19(11-20(14-29)27(31)30-21-7-4-17(2)5-8-21)22(28)13-26(25)33-15-18-6-9-23-24(10-18)35-16-34-23/h4-13H,3,15-16H2,1-2H3,(H,30,31)/b20-11-. The molecule has 1 heterocycles. The van der Waals surface area contributed by atoms with Gasteiger partial charge in [-0.15, -0.1) is 0 Å². The molecule has 0 atom stereocenters. The molecule has 178 valence electrons. The van der Waals surface area contributed by atoms with Gasteiger partial charge in [-0.05, 0) is 67.4 Å². The van der Waals surface area contributed by atoms with Crippen molar-refractivity contribution in [1.29, 1.82) is 5.26 Å². The molecule has 0 aromatic heterocycles. The second kappa shape index (κ2) is 11.0. The minimum Gasteiger partial charge on any atom is -0.490 e. The van der Waals surface area contributed by atoms with Gasteiger partial charge in [0.25, 0.3) is 5.91 Å². The van der Waals surface area contributed by atoms with Crippen LogP contribution in [0.5, 0.6) is 23.0 Å². The summed E-state index contributed by atoms with van der Waals surface area (Å²) in [5, 5.41) is 12.4. The second-order valence-corrected chi connectivity index (χ2v) is 8.57. The van der Waals surface area contributed by atoms with E-state index in [4.69, 9.17) is 18.9 Å². The number of nitrogens with zero attached hydrogens (tertiary/aromatic N) is 1. The summed E-state index contributed by atoms with van der Waals surface area (Å²) in [5.41, 5.74) is 3.17. The van der Waals surface area contributed by atoms with E-state index in [2.05, 4.69) is 21.2 Å². The highest BCUT2D eigenvalue weighted by Crippen LogP contribution is 2.37. The Bertz CT molecular complexity index is 1310. The topological polar surface area (TPSA) is 89.8 Å². The fraction of sp³-hybridized carbons (Fsp3) is 0.185. The normalized spacial score (nSPS) is 12.1. The molecule has 0 spiro atoms. The Morgan fingerprint density at radius 1 is 1.09 bits per heavy atom. The van der Waals surface area contributed by atoms with Gasteiger partial charge in [0.05, 0.1) is 6.61 Å². The van der Waals surface area contributed by atoms with Gasteiger partial charge in [0.1, 0.15) is 18.2 Å². The number of amides is 1. The molecular formula is C27H23BrN2O5. The fourth-order valence-corrected chi connectivity index (χ4v) is 3.81. The van der Waals surface area contributed by atoms with Gasteiger partial charge in [-0.3, -0.25) is 4.79 Å². The van der Waals surface area contributed by atoms with Crippen LogP contribution >= 0.6 is 15.9 Å². The van der Waals surface area contributed by atoms with Crippen LogP contribution in [-0.2, 0) is 11.4 Å². The zero-order valence-corrected chi connectivity index (χ0v) is 20.8. The number of halogens is 1. The van der Waals surface area contributed by atoms with Crippen molar-refractivity contribution in [2.45, 2.75) is 20.5 Å². The summed E-state index contributed by atoms with van der Waals surface area (Å²) in [6.45, 7) is 4.76. The average Bonchev–Trinajstić information content (AvgIpc) is 3.32. The summed E-state index contributed by atoms with van der Waals surface area (Å²) in [5.74, 6) is 1.92. The smallest absolute Gasteiger partial charge is 0.266 e. The van der Waals surface area contributed by atoms with Crippen LogP contribution < -0.4 is 24.3 Å². The van der Waals surface area contributed by atoms with Gasteiger partial charge in [-0.2, -0.15) is 5.26 Å². The zero-order valence-electron chi connectivity index (χ0n) is 19.3. The molecule has 0 radical (unpaired) electrons. The van der Waals surface area contributed by atoms with Gasteiger partial charge in [0.15, 0.2) is 23.0 Å². The zero-order chi connectivity index (χ0) is 24.8. The molecule has 0 fully saturated rings. The number of nitrogens with one attached hydrogen (secondary N) is 1. The third kappa shape index (κ3) is 5.94. The number of carbonyl (C=O) groups is 1. The van der Waals surface area contributed by atoms with Gasteiger partial charge in [0.2, 0.25) is 6.79 Å². The van der Waals surface area contributed by atoms with Crippen molar-refractivity contribution in [3.05, 3.63) is 81.3 Å². The predicted octanol–water partition coefficient (Wildman–Crippen LogP) is 6.01. The molecule has 3 aromatic carbocycles. The number of aryl methyl sites for hydroxylation is 1. The van der Waals surface area contributed by atoms with Crippen LogP contribution in [0.4, 0.5) is 5.69 Å². The minimum atomic E-state index is -0.496. The van der Waals surface area contributed by atoms with E-state index in [1.807, 2.05) is 50.2 Å². The van der Waals surface area contributed by atoms with Crippen molar-refractivity contribution in [3.8, 4) is 29.1 Å². The number of carbonyl (C=O) groups excluding carboxylic acids is 1. The average molecular weight is 535 g/mol. The van der Waals surface area contributed by atoms with Gasteiger partial charge in [-0.1, -0.05) is 39.7 Å². The lowest BCUT2D eigenvalue weighted by molar-refractivity contribution is -0.112. The van der Waals surface area contributed by atoms with Crippen molar-refractivity contribution < 1.29 is 23.7 Å². The van der Waals surface area contributed by atoms with E-state index in [1.165, 1.54) is 6.08 Å². The molecule has 0 saturated heterocycles. The highest BCUT2D eigenvalue weighted by Gasteiger charge is 2.16. The number of benzene rings is 3. The van der Waals surface area contributed by atoms with E-state index in [1.54, 1.807) is 24.3 Å². The Balaban J connectivity index is 1.54. The van der Waals surface area contributed by atoms with Crippen molar-refractivity contribution in [1.82, 2.24) is 0 Å². The molecule has 35 heavy (non-hydrogen) atoms. The number of nitriles is 1. The van der Waals surface area contributed by atoms with Crippen LogP contribution in [0.1, 0.15) is 23.6 Å². The molecule has 0 unspecified atom stereocenters. The molecular weight excluding hydrogens is 512 g/mol. The summed E-state index contributed by atoms with van der Waals surface area (Å²) >= 11 is 3.52. The number of anilines is 1. The highest BCUT2D eigenvalue weighted by molar-refractivity contribution is 9.10. The van der Waals surface area contributed by atoms with Crippen LogP contribution in [0.3, 0.4) is 0 Å². The summed E-state index contributed by atoms with van der Waals surface area (Å²) in [7, 11) is 0. The van der Waals surface area contributed by atoms with Gasteiger partial charge >= 0.3 is 0 Å². The highest BCUT2D eigenvalue weighted by atomic mass is 79.9. The summed E-state index contributed by atoms with van der Waals surface area (Å²) in [6.07, 6.45) is 1.51. The quantitative estimate of drug-likeness (QED) is 0.281. The number of rotatable bonds is 8. The second-order valence-electron chi connectivity index (χ2n) is 7.72. The van der Waals surface area contributed by atoms with Crippen LogP contribution in [-0.4, -0.2) is 19.3 Å². The van der Waals surface area contributed by atoms with Crippen molar-refractivity contribution in [3.63, 3.8) is 0 Å². The Labute approximate surface area is 212 Å². The lowest BCUT2D eigenvalue weighted by atomic mass is 10.1. The van der Waals surface area contributed by atoms with Crippen LogP contribution in [0.25, 0.3) is 6.08 Å². The van der Waals surface area contributed by atoms with Crippen LogP contribution in [0.15, 0.2) is 64.6 Å². The monoisotopic (exact) mass is 534 g/mol. The summed E-state index contributed by atoms with van der Waals surface area (Å²) in [6, 6.07) is 18.5. The van der Waals surface area contributed by atoms with Crippen LogP contribution in [0.2, 0.25) is 0 Å². The Morgan fingerprint density at radius 2 is 1.83 bits per heavy atom. The first-order valence-corrected chi connectivity index (χ1v) is 11.7. The molecule has 1 aliphatic rings. The van der Waals surface area contributed by atoms with E-state index < -0.39 is 5.91 Å². The fourth-order valence-electron chi connectivity index (χ4n) is 3.37. The molecule has 8 heteroatoms. The number of fused-ring (bicyclic) bond motifs is 1. The van der Waals surface area contributed by atoms with Gasteiger partial charge in [0, 0.05) is 10.2 Å². The number of hydrogen-bond donors (Lipinski definition) is 1. The summed E-state index contributed by atoms with van der Waals surface area (Å²) in [4.78, 5) is 12.7. The first kappa shape index (κ1) is 24.2. The van der Waals surface area contributed by atoms with Crippen molar-refractivity contribution in [2.24, 2.45) is 0 Å². The van der Waals surface area contributed by atoms with Crippen molar-refractivity contribution in [2.75, 3.05) is 18.7 Å². The van der Waals surface area contributed by atoms with E-state index in [9.17, 15) is 10.1 Å². The molecule has 1 N–H and O–H groups in total. The van der Waals surface area contributed by atoms with E-state index in [0.717, 1.165) is 11.1 Å². The van der Waals surface area contributed by atoms with Crippen LogP contribution in [0, 0.1) is 18.3 Å². The maximum Gasteiger partial charge on any atom is 0.266 e. The first-order valence-electron chi connectivity index (χ1n) is 10.9. The first-order chi connectivity index (χ1) is 17.0. The summed E-state index contributed by atoms with van der Waals surface area (Å²) < 4.78 is 23.2. The van der Waals surface area contributed by atoms with Gasteiger partial charge < -0.3 is 24.3 Å². The lowest BCUT2D eigenvalue weighted by Crippen LogP contribution is -2.13. The van der Waals surface area contributed by atoms with E-state index >= 15 is 0 Å². The molecule has 4 rings (SSSR count). The van der Waals surface area contributed by atoms with E-state index in [-0.39, 0.29) is 12.4 Å². The SMILES string of the molecule is CCOc1cc(/C=C(/C#N)C(=O)Nc2ccc(C)cc2)c(Br)cc1OCc1ccc2c(c1)OCO2. The molecule has 1 aliphatic heterocycles. The molecule has 1 amide bonds. The third-order valence-electron chi connectivity index (χ3n) is 5.17. The Morgan fingerprint density at radius 3 is 2.57 bits per heavy atom.